The van der Waals surface area contributed by atoms with E-state index in [1.54, 1.807) is 6.92 Å². The lowest BCUT2D eigenvalue weighted by Gasteiger charge is -2.09. The van der Waals surface area contributed by atoms with Crippen molar-refractivity contribution in [2.45, 2.75) is 58.8 Å². The number of hydrogen-bond acceptors (Lipinski definition) is 1. The number of carbonyl (C=O) groups excluding carboxylic acids is 1. The molecular formula is C11H20O. The molecule has 70 valence electrons. The highest BCUT2D eigenvalue weighted by atomic mass is 16.1. The maximum atomic E-state index is 11.2. The van der Waals surface area contributed by atoms with Crippen LogP contribution in [0.3, 0.4) is 0 Å². The highest BCUT2D eigenvalue weighted by molar-refractivity contribution is 5.84. The third kappa shape index (κ3) is 2.33. The van der Waals surface area contributed by atoms with E-state index in [1.165, 1.54) is 25.7 Å². The van der Waals surface area contributed by atoms with Gasteiger partial charge in [0.1, 0.15) is 5.78 Å². The molecule has 0 unspecified atom stereocenters. The lowest BCUT2D eigenvalue weighted by atomic mass is 9.94. The summed E-state index contributed by atoms with van der Waals surface area (Å²) in [5.74, 6) is 0.430. The summed E-state index contributed by atoms with van der Waals surface area (Å²) in [5, 5.41) is 0. The first-order valence-corrected chi connectivity index (χ1v) is 5.22. The van der Waals surface area contributed by atoms with Gasteiger partial charge in [-0.15, -0.1) is 0 Å². The quantitative estimate of drug-likeness (QED) is 0.556. The van der Waals surface area contributed by atoms with Crippen molar-refractivity contribution in [3.8, 4) is 0 Å². The Kier molecular flexibility index (Phi) is 3.30. The SMILES string of the molecule is CCCCCCC1(C(C)=O)CC1. The van der Waals surface area contributed by atoms with Gasteiger partial charge in [0, 0.05) is 5.41 Å². The summed E-state index contributed by atoms with van der Waals surface area (Å²) in [5.41, 5.74) is 0.160. The highest BCUT2D eigenvalue weighted by Crippen LogP contribution is 2.50. The van der Waals surface area contributed by atoms with Crippen molar-refractivity contribution in [1.29, 1.82) is 0 Å². The van der Waals surface area contributed by atoms with Crippen LogP contribution in [-0.2, 0) is 4.79 Å². The summed E-state index contributed by atoms with van der Waals surface area (Å²) in [7, 11) is 0. The Labute approximate surface area is 75.5 Å². The third-order valence-corrected chi connectivity index (χ3v) is 3.11. The molecule has 1 saturated carbocycles. The van der Waals surface area contributed by atoms with Crippen molar-refractivity contribution in [2.24, 2.45) is 5.41 Å². The van der Waals surface area contributed by atoms with Crippen LogP contribution in [0.15, 0.2) is 0 Å². The molecule has 0 aromatic rings. The molecule has 12 heavy (non-hydrogen) atoms. The molecule has 1 rings (SSSR count). The first-order valence-electron chi connectivity index (χ1n) is 5.22. The molecule has 0 heterocycles. The molecule has 0 amide bonds. The predicted octanol–water partition coefficient (Wildman–Crippen LogP) is 3.33. The van der Waals surface area contributed by atoms with E-state index in [0.29, 0.717) is 5.78 Å². The monoisotopic (exact) mass is 168 g/mol. The van der Waals surface area contributed by atoms with Gasteiger partial charge in [-0.05, 0) is 26.2 Å². The summed E-state index contributed by atoms with van der Waals surface area (Å²) in [6.07, 6.45) is 8.66. The van der Waals surface area contributed by atoms with Gasteiger partial charge in [-0.2, -0.15) is 0 Å². The van der Waals surface area contributed by atoms with E-state index in [2.05, 4.69) is 6.92 Å². The van der Waals surface area contributed by atoms with Gasteiger partial charge in [0.2, 0.25) is 0 Å². The molecule has 1 nitrogen and oxygen atoms in total. The zero-order valence-electron chi connectivity index (χ0n) is 8.36. The number of rotatable bonds is 6. The van der Waals surface area contributed by atoms with Crippen molar-refractivity contribution in [3.63, 3.8) is 0 Å². The number of ketones is 1. The Bertz CT molecular complexity index is 156. The van der Waals surface area contributed by atoms with Crippen LogP contribution in [0.4, 0.5) is 0 Å². The molecule has 0 bridgehead atoms. The van der Waals surface area contributed by atoms with Crippen LogP contribution in [0.25, 0.3) is 0 Å². The molecule has 0 N–H and O–H groups in total. The van der Waals surface area contributed by atoms with E-state index in [4.69, 9.17) is 0 Å². The number of Topliss-reactive ketones (excluding diaryl/α,β-unsaturated/α-hetero) is 1. The zero-order valence-corrected chi connectivity index (χ0v) is 8.36. The minimum Gasteiger partial charge on any atom is -0.299 e. The van der Waals surface area contributed by atoms with Crippen LogP contribution in [-0.4, -0.2) is 5.78 Å². The van der Waals surface area contributed by atoms with Gasteiger partial charge in [0.15, 0.2) is 0 Å². The van der Waals surface area contributed by atoms with Crippen LogP contribution >= 0.6 is 0 Å². The second kappa shape index (κ2) is 4.06. The van der Waals surface area contributed by atoms with Gasteiger partial charge in [-0.3, -0.25) is 4.79 Å². The standard InChI is InChI=1S/C11H20O/c1-3-4-5-6-7-11(8-9-11)10(2)12/h3-9H2,1-2H3. The van der Waals surface area contributed by atoms with Crippen LogP contribution < -0.4 is 0 Å². The molecule has 0 spiro atoms. The van der Waals surface area contributed by atoms with Crippen LogP contribution in [0.5, 0.6) is 0 Å². The van der Waals surface area contributed by atoms with Crippen molar-refractivity contribution in [2.75, 3.05) is 0 Å². The summed E-state index contributed by atoms with van der Waals surface area (Å²) in [6, 6.07) is 0. The number of unbranched alkanes of at least 4 members (excludes halogenated alkanes) is 3. The van der Waals surface area contributed by atoms with E-state index in [-0.39, 0.29) is 5.41 Å². The smallest absolute Gasteiger partial charge is 0.135 e. The van der Waals surface area contributed by atoms with Gasteiger partial charge >= 0.3 is 0 Å². The Morgan fingerprint density at radius 1 is 1.25 bits per heavy atom. The summed E-state index contributed by atoms with van der Waals surface area (Å²) in [6.45, 7) is 3.98. The fourth-order valence-corrected chi connectivity index (χ4v) is 1.82. The molecule has 0 aromatic carbocycles. The van der Waals surface area contributed by atoms with Crippen molar-refractivity contribution in [1.82, 2.24) is 0 Å². The summed E-state index contributed by atoms with van der Waals surface area (Å²) in [4.78, 5) is 11.2. The van der Waals surface area contributed by atoms with Gasteiger partial charge in [0.05, 0.1) is 0 Å². The second-order valence-electron chi connectivity index (χ2n) is 4.15. The van der Waals surface area contributed by atoms with Crippen molar-refractivity contribution in [3.05, 3.63) is 0 Å². The Morgan fingerprint density at radius 3 is 2.33 bits per heavy atom. The van der Waals surface area contributed by atoms with Gasteiger partial charge in [-0.25, -0.2) is 0 Å². The lowest BCUT2D eigenvalue weighted by Crippen LogP contribution is -2.11. The molecule has 1 aliphatic rings. The van der Waals surface area contributed by atoms with Crippen molar-refractivity contribution >= 4 is 5.78 Å². The average Bonchev–Trinajstić information content (AvgIpc) is 2.79. The fourth-order valence-electron chi connectivity index (χ4n) is 1.82. The normalized spacial score (nSPS) is 19.2. The van der Waals surface area contributed by atoms with Gasteiger partial charge in [-0.1, -0.05) is 32.6 Å². The Hall–Kier alpha value is -0.330. The molecule has 0 radical (unpaired) electrons. The van der Waals surface area contributed by atoms with E-state index in [9.17, 15) is 4.79 Å². The first-order chi connectivity index (χ1) is 5.71. The van der Waals surface area contributed by atoms with Crippen LogP contribution in [0.2, 0.25) is 0 Å². The predicted molar refractivity (Wildman–Crippen MR) is 51.1 cm³/mol. The van der Waals surface area contributed by atoms with E-state index in [1.807, 2.05) is 0 Å². The maximum absolute atomic E-state index is 11.2. The van der Waals surface area contributed by atoms with E-state index < -0.39 is 0 Å². The zero-order chi connectivity index (χ0) is 9.03. The molecule has 1 heteroatoms. The average molecular weight is 168 g/mol. The molecule has 0 aromatic heterocycles. The van der Waals surface area contributed by atoms with E-state index in [0.717, 1.165) is 19.3 Å². The maximum Gasteiger partial charge on any atom is 0.135 e. The molecule has 0 aliphatic heterocycles. The first kappa shape index (κ1) is 9.76. The van der Waals surface area contributed by atoms with Crippen LogP contribution in [0, 0.1) is 5.41 Å². The molecule has 0 saturated heterocycles. The lowest BCUT2D eigenvalue weighted by molar-refractivity contribution is -0.122. The largest absolute Gasteiger partial charge is 0.299 e. The molecule has 1 fully saturated rings. The minimum atomic E-state index is 0.160. The van der Waals surface area contributed by atoms with Crippen LogP contribution in [0.1, 0.15) is 58.8 Å². The van der Waals surface area contributed by atoms with E-state index >= 15 is 0 Å². The van der Waals surface area contributed by atoms with Gasteiger partial charge in [0.25, 0.3) is 0 Å². The van der Waals surface area contributed by atoms with Crippen molar-refractivity contribution < 1.29 is 4.79 Å². The number of carbonyl (C=O) groups is 1. The minimum absolute atomic E-state index is 0.160. The number of hydrogen-bond donors (Lipinski definition) is 0. The molecular weight excluding hydrogens is 148 g/mol. The summed E-state index contributed by atoms with van der Waals surface area (Å²) < 4.78 is 0. The Balaban J connectivity index is 2.10. The third-order valence-electron chi connectivity index (χ3n) is 3.11. The van der Waals surface area contributed by atoms with Gasteiger partial charge < -0.3 is 0 Å². The molecule has 0 atom stereocenters. The Morgan fingerprint density at radius 2 is 1.92 bits per heavy atom. The molecule has 1 aliphatic carbocycles. The second-order valence-corrected chi connectivity index (χ2v) is 4.15. The summed E-state index contributed by atoms with van der Waals surface area (Å²) >= 11 is 0. The topological polar surface area (TPSA) is 17.1 Å². The fraction of sp³-hybridized carbons (Fsp3) is 0.909. The highest BCUT2D eigenvalue weighted by Gasteiger charge is 2.45.